The molecular formula is C7H15N. The van der Waals surface area contributed by atoms with Crippen molar-refractivity contribution in [1.82, 2.24) is 5.32 Å². The van der Waals surface area contributed by atoms with Crippen LogP contribution in [0.2, 0.25) is 0 Å². The van der Waals surface area contributed by atoms with Crippen LogP contribution in [0, 0.1) is 5.41 Å². The van der Waals surface area contributed by atoms with Gasteiger partial charge in [0.25, 0.3) is 0 Å². The summed E-state index contributed by atoms with van der Waals surface area (Å²) in [5, 5.41) is 2.94. The Morgan fingerprint density at radius 3 is 1.88 bits per heavy atom. The smallest absolute Gasteiger partial charge is 0.00276 e. The lowest BCUT2D eigenvalue weighted by molar-refractivity contribution is 0.541. The number of nitrogens with one attached hydrogen (secondary N) is 1. The minimum Gasteiger partial charge on any atom is -0.394 e. The highest BCUT2D eigenvalue weighted by molar-refractivity contribution is 4.89. The molecule has 0 fully saturated rings. The zero-order chi connectivity index (χ0) is 6.62. The van der Waals surface area contributed by atoms with Crippen molar-refractivity contribution in [2.75, 3.05) is 7.05 Å². The van der Waals surface area contributed by atoms with E-state index >= 15 is 0 Å². The second kappa shape index (κ2) is 2.75. The van der Waals surface area contributed by atoms with Gasteiger partial charge in [-0.2, -0.15) is 0 Å². The molecule has 0 rings (SSSR count). The van der Waals surface area contributed by atoms with Crippen molar-refractivity contribution >= 4 is 0 Å². The van der Waals surface area contributed by atoms with Crippen molar-refractivity contribution in [3.8, 4) is 0 Å². The summed E-state index contributed by atoms with van der Waals surface area (Å²) in [5.41, 5.74) is 0.309. The molecule has 1 nitrogen and oxygen atoms in total. The summed E-state index contributed by atoms with van der Waals surface area (Å²) in [5.74, 6) is 0. The molecule has 0 aliphatic carbocycles. The summed E-state index contributed by atoms with van der Waals surface area (Å²) in [6, 6.07) is 0. The van der Waals surface area contributed by atoms with Crippen LogP contribution in [0.4, 0.5) is 0 Å². The number of rotatable bonds is 1. The van der Waals surface area contributed by atoms with Crippen LogP contribution in [0.25, 0.3) is 0 Å². The minimum absolute atomic E-state index is 0.309. The van der Waals surface area contributed by atoms with E-state index in [4.69, 9.17) is 0 Å². The average Bonchev–Trinajstić information content (AvgIpc) is 1.59. The third kappa shape index (κ3) is 5.54. The Morgan fingerprint density at radius 1 is 1.25 bits per heavy atom. The van der Waals surface area contributed by atoms with E-state index in [-0.39, 0.29) is 0 Å². The standard InChI is InChI=1S/C7H15N/c1-7(2,3)5-6-8-4/h5-6,8H,1-4H3/b6-5+. The van der Waals surface area contributed by atoms with E-state index in [1.807, 2.05) is 13.2 Å². The summed E-state index contributed by atoms with van der Waals surface area (Å²) in [7, 11) is 1.90. The average molecular weight is 113 g/mol. The van der Waals surface area contributed by atoms with E-state index < -0.39 is 0 Å². The van der Waals surface area contributed by atoms with Crippen LogP contribution in [-0.4, -0.2) is 7.05 Å². The van der Waals surface area contributed by atoms with Gasteiger partial charge in [-0.15, -0.1) is 0 Å². The van der Waals surface area contributed by atoms with Gasteiger partial charge < -0.3 is 5.32 Å². The fourth-order valence-electron chi connectivity index (χ4n) is 0.333. The first-order valence-corrected chi connectivity index (χ1v) is 2.91. The highest BCUT2D eigenvalue weighted by Gasteiger charge is 2.01. The Kier molecular flexibility index (Phi) is 2.59. The second-order valence-corrected chi connectivity index (χ2v) is 2.99. The zero-order valence-corrected chi connectivity index (χ0v) is 6.15. The molecule has 48 valence electrons. The van der Waals surface area contributed by atoms with Gasteiger partial charge in [0.05, 0.1) is 0 Å². The number of allylic oxidation sites excluding steroid dienone is 1. The van der Waals surface area contributed by atoms with E-state index in [2.05, 4.69) is 32.2 Å². The Morgan fingerprint density at radius 2 is 1.75 bits per heavy atom. The van der Waals surface area contributed by atoms with Crippen molar-refractivity contribution in [2.45, 2.75) is 20.8 Å². The molecule has 0 amide bonds. The first-order chi connectivity index (χ1) is 3.56. The van der Waals surface area contributed by atoms with E-state index in [9.17, 15) is 0 Å². The predicted molar refractivity (Wildman–Crippen MR) is 37.7 cm³/mol. The minimum atomic E-state index is 0.309. The van der Waals surface area contributed by atoms with E-state index in [0.29, 0.717) is 5.41 Å². The van der Waals surface area contributed by atoms with Gasteiger partial charge in [-0.25, -0.2) is 0 Å². The fraction of sp³-hybridized carbons (Fsp3) is 0.714. The molecule has 0 aliphatic heterocycles. The van der Waals surface area contributed by atoms with Crippen LogP contribution in [0.15, 0.2) is 12.3 Å². The lowest BCUT2D eigenvalue weighted by atomic mass is 9.97. The SMILES string of the molecule is CN/C=C/C(C)(C)C. The highest BCUT2D eigenvalue weighted by atomic mass is 14.8. The maximum atomic E-state index is 2.94. The van der Waals surface area contributed by atoms with Crippen molar-refractivity contribution in [2.24, 2.45) is 5.41 Å². The topological polar surface area (TPSA) is 12.0 Å². The molecule has 0 aromatic carbocycles. The monoisotopic (exact) mass is 113 g/mol. The fourth-order valence-corrected chi connectivity index (χ4v) is 0.333. The Hall–Kier alpha value is -0.460. The third-order valence-electron chi connectivity index (χ3n) is 0.750. The molecule has 1 heteroatoms. The van der Waals surface area contributed by atoms with E-state index in [1.165, 1.54) is 0 Å². The summed E-state index contributed by atoms with van der Waals surface area (Å²) >= 11 is 0. The van der Waals surface area contributed by atoms with Crippen LogP contribution >= 0.6 is 0 Å². The number of hydrogen-bond acceptors (Lipinski definition) is 1. The van der Waals surface area contributed by atoms with Crippen molar-refractivity contribution in [3.63, 3.8) is 0 Å². The lowest BCUT2D eigenvalue weighted by Crippen LogP contribution is -2.02. The van der Waals surface area contributed by atoms with Crippen LogP contribution in [0.3, 0.4) is 0 Å². The normalized spacial score (nSPS) is 12.5. The first-order valence-electron chi connectivity index (χ1n) is 2.91. The maximum Gasteiger partial charge on any atom is 0.00276 e. The highest BCUT2D eigenvalue weighted by Crippen LogP contribution is 2.13. The molecule has 0 bridgehead atoms. The summed E-state index contributed by atoms with van der Waals surface area (Å²) in [6.07, 6.45) is 4.09. The maximum absolute atomic E-state index is 2.94. The summed E-state index contributed by atoms with van der Waals surface area (Å²) in [4.78, 5) is 0. The number of hydrogen-bond donors (Lipinski definition) is 1. The van der Waals surface area contributed by atoms with Gasteiger partial charge in [0.1, 0.15) is 0 Å². The second-order valence-electron chi connectivity index (χ2n) is 2.99. The largest absolute Gasteiger partial charge is 0.394 e. The molecule has 0 heterocycles. The molecule has 0 radical (unpaired) electrons. The first kappa shape index (κ1) is 7.54. The molecule has 0 atom stereocenters. The molecule has 1 N–H and O–H groups in total. The summed E-state index contributed by atoms with van der Waals surface area (Å²) in [6.45, 7) is 6.50. The van der Waals surface area contributed by atoms with Crippen LogP contribution in [0.5, 0.6) is 0 Å². The Bertz CT molecular complexity index is 76.9. The van der Waals surface area contributed by atoms with Gasteiger partial charge in [-0.05, 0) is 11.6 Å². The molecule has 0 aliphatic rings. The predicted octanol–water partition coefficient (Wildman–Crippen LogP) is 1.77. The zero-order valence-electron chi connectivity index (χ0n) is 6.15. The Labute approximate surface area is 51.8 Å². The molecule has 0 unspecified atom stereocenters. The molecule has 0 saturated heterocycles. The molecular weight excluding hydrogens is 98.1 g/mol. The quantitative estimate of drug-likeness (QED) is 0.546. The molecule has 0 aromatic heterocycles. The van der Waals surface area contributed by atoms with Crippen LogP contribution in [0.1, 0.15) is 20.8 Å². The van der Waals surface area contributed by atoms with Crippen molar-refractivity contribution in [3.05, 3.63) is 12.3 Å². The molecule has 0 aromatic rings. The van der Waals surface area contributed by atoms with Crippen LogP contribution in [-0.2, 0) is 0 Å². The van der Waals surface area contributed by atoms with Gasteiger partial charge in [0.15, 0.2) is 0 Å². The molecule has 8 heavy (non-hydrogen) atoms. The van der Waals surface area contributed by atoms with Crippen molar-refractivity contribution in [1.29, 1.82) is 0 Å². The van der Waals surface area contributed by atoms with Crippen LogP contribution < -0.4 is 5.32 Å². The van der Waals surface area contributed by atoms with Gasteiger partial charge >= 0.3 is 0 Å². The molecule has 0 saturated carbocycles. The Balaban J connectivity index is 3.52. The lowest BCUT2D eigenvalue weighted by Gasteiger charge is -2.10. The van der Waals surface area contributed by atoms with Gasteiger partial charge in [-0.1, -0.05) is 26.8 Å². The summed E-state index contributed by atoms with van der Waals surface area (Å²) < 4.78 is 0. The van der Waals surface area contributed by atoms with Gasteiger partial charge in [0.2, 0.25) is 0 Å². The van der Waals surface area contributed by atoms with Gasteiger partial charge in [-0.3, -0.25) is 0 Å². The van der Waals surface area contributed by atoms with Gasteiger partial charge in [0, 0.05) is 7.05 Å². The third-order valence-corrected chi connectivity index (χ3v) is 0.750. The van der Waals surface area contributed by atoms with E-state index in [0.717, 1.165) is 0 Å². The van der Waals surface area contributed by atoms with Crippen molar-refractivity contribution < 1.29 is 0 Å². The molecule has 0 spiro atoms. The van der Waals surface area contributed by atoms with E-state index in [1.54, 1.807) is 0 Å².